The largest absolute Gasteiger partial charge is 0.497 e. The lowest BCUT2D eigenvalue weighted by Gasteiger charge is -2.27. The molecular weight excluding hydrogens is 410 g/mol. The molecule has 2 aromatic carbocycles. The number of nitrogens with zero attached hydrogens (tertiary/aromatic N) is 3. The van der Waals surface area contributed by atoms with Crippen molar-refractivity contribution in [3.8, 4) is 5.75 Å². The number of anilines is 1. The van der Waals surface area contributed by atoms with E-state index in [0.29, 0.717) is 12.1 Å². The number of amides is 1. The Balaban J connectivity index is 1.60. The highest BCUT2D eigenvalue weighted by atomic mass is 32.1. The summed E-state index contributed by atoms with van der Waals surface area (Å²) < 4.78 is 11.8. The molecular formula is C24H29N3O3S. The van der Waals surface area contributed by atoms with Crippen molar-refractivity contribution in [2.75, 3.05) is 51.4 Å². The summed E-state index contributed by atoms with van der Waals surface area (Å²) in [4.78, 5) is 22.6. The van der Waals surface area contributed by atoms with Crippen LogP contribution in [0.15, 0.2) is 36.4 Å². The van der Waals surface area contributed by atoms with Crippen LogP contribution in [0.4, 0.5) is 5.13 Å². The maximum absolute atomic E-state index is 13.6. The third-order valence-electron chi connectivity index (χ3n) is 5.49. The minimum atomic E-state index is -0.000186. The zero-order valence-electron chi connectivity index (χ0n) is 18.4. The van der Waals surface area contributed by atoms with Gasteiger partial charge in [-0.3, -0.25) is 14.6 Å². The maximum Gasteiger partial charge on any atom is 0.260 e. The van der Waals surface area contributed by atoms with Crippen LogP contribution in [0.1, 0.15) is 27.9 Å². The molecule has 1 aromatic heterocycles. The lowest BCUT2D eigenvalue weighted by atomic mass is 10.1. The van der Waals surface area contributed by atoms with Gasteiger partial charge in [0.1, 0.15) is 5.75 Å². The molecule has 0 bridgehead atoms. The standard InChI is InChI=1S/C24H29N3O3S/c1-17-13-18(2)15-19(14-17)23(28)27(8-4-7-26-9-11-30-12-10-26)24-25-21-16-20(29-3)5-6-22(21)31-24/h5-6,13-16H,4,7-12H2,1-3H3. The number of aryl methyl sites for hydroxylation is 2. The van der Waals surface area contributed by atoms with E-state index in [-0.39, 0.29) is 5.91 Å². The van der Waals surface area contributed by atoms with E-state index >= 15 is 0 Å². The Hall–Kier alpha value is -2.48. The van der Waals surface area contributed by atoms with Crippen molar-refractivity contribution in [3.05, 3.63) is 53.1 Å². The first-order valence-electron chi connectivity index (χ1n) is 10.7. The van der Waals surface area contributed by atoms with Crippen molar-refractivity contribution >= 4 is 32.6 Å². The minimum Gasteiger partial charge on any atom is -0.497 e. The fourth-order valence-corrected chi connectivity index (χ4v) is 4.92. The quantitative estimate of drug-likeness (QED) is 0.550. The van der Waals surface area contributed by atoms with E-state index < -0.39 is 0 Å². The molecule has 6 nitrogen and oxygen atoms in total. The zero-order valence-corrected chi connectivity index (χ0v) is 19.2. The highest BCUT2D eigenvalue weighted by Gasteiger charge is 2.22. The lowest BCUT2D eigenvalue weighted by Crippen LogP contribution is -2.39. The fourth-order valence-electron chi connectivity index (χ4n) is 3.95. The first kappa shape index (κ1) is 21.7. The molecule has 0 spiro atoms. The van der Waals surface area contributed by atoms with Crippen LogP contribution in [-0.2, 0) is 4.74 Å². The molecule has 0 atom stereocenters. The molecule has 1 saturated heterocycles. The predicted octanol–water partition coefficient (Wildman–Crippen LogP) is 4.29. The Morgan fingerprint density at radius 2 is 1.90 bits per heavy atom. The number of thiazole rings is 1. The Bertz CT molecular complexity index is 1040. The van der Waals surface area contributed by atoms with E-state index in [2.05, 4.69) is 11.0 Å². The molecule has 7 heteroatoms. The molecule has 31 heavy (non-hydrogen) atoms. The van der Waals surface area contributed by atoms with Crippen LogP contribution >= 0.6 is 11.3 Å². The van der Waals surface area contributed by atoms with Crippen LogP contribution in [0.5, 0.6) is 5.75 Å². The summed E-state index contributed by atoms with van der Waals surface area (Å²) in [6, 6.07) is 11.9. The molecule has 3 aromatic rings. The van der Waals surface area contributed by atoms with Gasteiger partial charge in [-0.15, -0.1) is 0 Å². The minimum absolute atomic E-state index is 0.000186. The van der Waals surface area contributed by atoms with Crippen molar-refractivity contribution in [1.82, 2.24) is 9.88 Å². The van der Waals surface area contributed by atoms with Gasteiger partial charge in [0.25, 0.3) is 5.91 Å². The number of aromatic nitrogens is 1. The van der Waals surface area contributed by atoms with Gasteiger partial charge in [-0.25, -0.2) is 4.98 Å². The molecule has 2 heterocycles. The third kappa shape index (κ3) is 5.23. The number of fused-ring (bicyclic) bond motifs is 1. The van der Waals surface area contributed by atoms with E-state index in [0.717, 1.165) is 71.5 Å². The summed E-state index contributed by atoms with van der Waals surface area (Å²) >= 11 is 1.55. The second-order valence-electron chi connectivity index (χ2n) is 7.97. The van der Waals surface area contributed by atoms with E-state index in [1.165, 1.54) is 0 Å². The van der Waals surface area contributed by atoms with Gasteiger partial charge >= 0.3 is 0 Å². The van der Waals surface area contributed by atoms with Crippen molar-refractivity contribution < 1.29 is 14.3 Å². The van der Waals surface area contributed by atoms with Crippen LogP contribution < -0.4 is 9.64 Å². The van der Waals surface area contributed by atoms with Crippen molar-refractivity contribution in [2.45, 2.75) is 20.3 Å². The highest BCUT2D eigenvalue weighted by Crippen LogP contribution is 2.32. The molecule has 1 fully saturated rings. The van der Waals surface area contributed by atoms with Crippen molar-refractivity contribution in [1.29, 1.82) is 0 Å². The van der Waals surface area contributed by atoms with Crippen LogP contribution in [0, 0.1) is 13.8 Å². The molecule has 4 rings (SSSR count). The van der Waals surface area contributed by atoms with E-state index in [4.69, 9.17) is 14.5 Å². The number of carbonyl (C=O) groups excluding carboxylic acids is 1. The van der Waals surface area contributed by atoms with E-state index in [1.807, 2.05) is 49.1 Å². The Morgan fingerprint density at radius 3 is 2.61 bits per heavy atom. The second-order valence-corrected chi connectivity index (χ2v) is 8.98. The number of hydrogen-bond acceptors (Lipinski definition) is 6. The number of benzene rings is 2. The topological polar surface area (TPSA) is 54.9 Å². The fraction of sp³-hybridized carbons (Fsp3) is 0.417. The van der Waals surface area contributed by atoms with Crippen LogP contribution in [-0.4, -0.2) is 62.3 Å². The van der Waals surface area contributed by atoms with Gasteiger partial charge in [0.05, 0.1) is 30.5 Å². The number of rotatable bonds is 7. The highest BCUT2D eigenvalue weighted by molar-refractivity contribution is 7.22. The van der Waals surface area contributed by atoms with Crippen molar-refractivity contribution in [2.24, 2.45) is 0 Å². The summed E-state index contributed by atoms with van der Waals surface area (Å²) in [5.41, 5.74) is 3.74. The molecule has 0 saturated carbocycles. The molecule has 0 aliphatic carbocycles. The molecule has 0 unspecified atom stereocenters. The number of methoxy groups -OCH3 is 1. The molecule has 0 N–H and O–H groups in total. The van der Waals surface area contributed by atoms with E-state index in [9.17, 15) is 4.79 Å². The van der Waals surface area contributed by atoms with Gasteiger partial charge in [-0.05, 0) is 44.5 Å². The van der Waals surface area contributed by atoms with Crippen LogP contribution in [0.2, 0.25) is 0 Å². The Morgan fingerprint density at radius 1 is 1.16 bits per heavy atom. The second kappa shape index (κ2) is 9.77. The number of morpholine rings is 1. The van der Waals surface area contributed by atoms with Crippen LogP contribution in [0.25, 0.3) is 10.2 Å². The molecule has 1 aliphatic heterocycles. The lowest BCUT2D eigenvalue weighted by molar-refractivity contribution is 0.0376. The van der Waals surface area contributed by atoms with Gasteiger partial charge in [0.2, 0.25) is 0 Å². The zero-order chi connectivity index (χ0) is 21.8. The molecule has 0 radical (unpaired) electrons. The first-order chi connectivity index (χ1) is 15.0. The predicted molar refractivity (Wildman–Crippen MR) is 126 cm³/mol. The first-order valence-corrected chi connectivity index (χ1v) is 11.5. The summed E-state index contributed by atoms with van der Waals surface area (Å²) in [5, 5.41) is 0.731. The number of ether oxygens (including phenoxy) is 2. The maximum atomic E-state index is 13.6. The SMILES string of the molecule is COc1ccc2sc(N(CCCN3CCOCC3)C(=O)c3cc(C)cc(C)c3)nc2c1. The smallest absolute Gasteiger partial charge is 0.260 e. The third-order valence-corrected chi connectivity index (χ3v) is 6.55. The van der Waals surface area contributed by atoms with Crippen molar-refractivity contribution in [3.63, 3.8) is 0 Å². The normalized spacial score (nSPS) is 14.7. The summed E-state index contributed by atoms with van der Waals surface area (Å²) in [6.07, 6.45) is 0.885. The van der Waals surface area contributed by atoms with Gasteiger partial charge < -0.3 is 9.47 Å². The number of hydrogen-bond donors (Lipinski definition) is 0. The molecule has 164 valence electrons. The van der Waals surface area contributed by atoms with E-state index in [1.54, 1.807) is 18.4 Å². The van der Waals surface area contributed by atoms with Gasteiger partial charge in [0.15, 0.2) is 5.13 Å². The Kier molecular flexibility index (Phi) is 6.85. The summed E-state index contributed by atoms with van der Waals surface area (Å²) in [5.74, 6) is 0.767. The summed E-state index contributed by atoms with van der Waals surface area (Å²) in [7, 11) is 1.65. The number of carbonyl (C=O) groups is 1. The van der Waals surface area contributed by atoms with Crippen LogP contribution in [0.3, 0.4) is 0 Å². The monoisotopic (exact) mass is 439 g/mol. The average Bonchev–Trinajstić information content (AvgIpc) is 3.19. The van der Waals surface area contributed by atoms with Gasteiger partial charge in [-0.1, -0.05) is 28.5 Å². The van der Waals surface area contributed by atoms with Gasteiger partial charge in [-0.2, -0.15) is 0 Å². The average molecular weight is 440 g/mol. The van der Waals surface area contributed by atoms with Gasteiger partial charge in [0, 0.05) is 37.8 Å². The molecule has 1 amide bonds. The summed E-state index contributed by atoms with van der Waals surface area (Å²) in [6.45, 7) is 9.08. The molecule has 1 aliphatic rings. The Labute approximate surface area is 187 Å².